The summed E-state index contributed by atoms with van der Waals surface area (Å²) in [5.74, 6) is 0.461. The maximum Gasteiger partial charge on any atom is 0.291 e. The zero-order valence-corrected chi connectivity index (χ0v) is 28.9. The number of ether oxygens (including phenoxy) is 2. The Morgan fingerprint density at radius 3 is 2.25 bits per heavy atom. The van der Waals surface area contributed by atoms with Gasteiger partial charge in [0.25, 0.3) is 11.8 Å². The van der Waals surface area contributed by atoms with Crippen molar-refractivity contribution in [2.75, 3.05) is 26.4 Å². The highest BCUT2D eigenvalue weighted by Crippen LogP contribution is 2.40. The number of nitrogens with one attached hydrogen (secondary N) is 3. The number of carbonyl (C=O) groups excluding carboxylic acids is 2. The predicted molar refractivity (Wildman–Crippen MR) is 190 cm³/mol. The van der Waals surface area contributed by atoms with Gasteiger partial charge < -0.3 is 34.2 Å². The number of aromatic amines is 1. The Bertz CT molecular complexity index is 2180. The quantitative estimate of drug-likeness (QED) is 0.176. The van der Waals surface area contributed by atoms with Crippen molar-refractivity contribution in [3.8, 4) is 0 Å². The van der Waals surface area contributed by atoms with Gasteiger partial charge in [-0.1, -0.05) is 17.3 Å². The topological polar surface area (TPSA) is 154 Å². The van der Waals surface area contributed by atoms with Crippen LogP contribution in [0.15, 0.2) is 59.5 Å². The van der Waals surface area contributed by atoms with E-state index < -0.39 is 0 Å². The molecular weight excluding hydrogens is 648 g/mol. The maximum absolute atomic E-state index is 12.7. The van der Waals surface area contributed by atoms with Crippen molar-refractivity contribution in [1.82, 2.24) is 40.1 Å². The third-order valence-corrected chi connectivity index (χ3v) is 10.4. The minimum Gasteiger partial charge on any atom is -0.381 e. The Kier molecular flexibility index (Phi) is 9.13. The van der Waals surface area contributed by atoms with Crippen molar-refractivity contribution >= 4 is 33.6 Å². The minimum atomic E-state index is -0.301. The standard InChI is InChI=1S/C38H42N8O5/c1-23-28-17-25(20-40-38(48)36-41-22-45(2)44-36)4-6-32(28)46(35(23)27-10-15-50-16-11-27)21-30-29-18-24(19-39-37(47)33-7-12-42-51-33)3-5-31(29)43-34(30)26-8-13-49-14-9-26/h3-7,12,17-18,22,26-27,43H,8-11,13-16,19-21H2,1-2H3,(H,39,47)(H,40,48). The zero-order valence-electron chi connectivity index (χ0n) is 28.9. The highest BCUT2D eigenvalue weighted by Gasteiger charge is 2.28. The van der Waals surface area contributed by atoms with Crippen molar-refractivity contribution in [3.63, 3.8) is 0 Å². The molecule has 0 unspecified atom stereocenters. The van der Waals surface area contributed by atoms with Crippen molar-refractivity contribution in [2.24, 2.45) is 7.05 Å². The number of rotatable bonds is 10. The normalized spacial score (nSPS) is 15.9. The van der Waals surface area contributed by atoms with Gasteiger partial charge in [0.05, 0.1) is 12.7 Å². The lowest BCUT2D eigenvalue weighted by Gasteiger charge is -2.26. The van der Waals surface area contributed by atoms with E-state index in [4.69, 9.17) is 14.0 Å². The molecule has 0 spiro atoms. The average molecular weight is 691 g/mol. The fourth-order valence-corrected chi connectivity index (χ4v) is 7.76. The van der Waals surface area contributed by atoms with Gasteiger partial charge in [-0.05, 0) is 73.6 Å². The SMILES string of the molecule is Cc1c(C2CCOCC2)n(Cc2c(C3CCOCC3)[nH]c3ccc(CNC(=O)c4ccno4)cc23)c2ccc(CNC(=O)c3ncn(C)n3)cc12. The van der Waals surface area contributed by atoms with Gasteiger partial charge in [0.15, 0.2) is 0 Å². The Labute approximate surface area is 294 Å². The van der Waals surface area contributed by atoms with E-state index >= 15 is 0 Å². The van der Waals surface area contributed by atoms with Gasteiger partial charge in [0, 0.05) is 103 Å². The van der Waals surface area contributed by atoms with Gasteiger partial charge in [-0.25, -0.2) is 4.98 Å². The van der Waals surface area contributed by atoms with E-state index in [2.05, 4.69) is 78.7 Å². The summed E-state index contributed by atoms with van der Waals surface area (Å²) in [5.41, 5.74) is 9.39. The molecule has 8 rings (SSSR count). The van der Waals surface area contributed by atoms with Crippen LogP contribution in [0.5, 0.6) is 0 Å². The number of nitrogens with zero attached hydrogens (tertiary/aromatic N) is 5. The van der Waals surface area contributed by atoms with Crippen LogP contribution in [0.3, 0.4) is 0 Å². The second kappa shape index (κ2) is 14.2. The molecule has 3 N–H and O–H groups in total. The molecule has 51 heavy (non-hydrogen) atoms. The summed E-state index contributed by atoms with van der Waals surface area (Å²) >= 11 is 0. The first kappa shape index (κ1) is 32.9. The number of aromatic nitrogens is 6. The molecule has 2 aliphatic rings. The van der Waals surface area contributed by atoms with Crippen molar-refractivity contribution < 1.29 is 23.6 Å². The molecule has 2 aromatic carbocycles. The first-order valence-electron chi connectivity index (χ1n) is 17.7. The minimum absolute atomic E-state index is 0.155. The maximum atomic E-state index is 12.7. The molecule has 4 aromatic heterocycles. The van der Waals surface area contributed by atoms with Gasteiger partial charge in [0.2, 0.25) is 11.6 Å². The molecule has 0 radical (unpaired) electrons. The highest BCUT2D eigenvalue weighted by molar-refractivity contribution is 5.92. The summed E-state index contributed by atoms with van der Waals surface area (Å²) in [5, 5.41) is 16.1. The van der Waals surface area contributed by atoms with Crippen LogP contribution in [0, 0.1) is 6.92 Å². The number of hydrogen-bond donors (Lipinski definition) is 3. The summed E-state index contributed by atoms with van der Waals surface area (Å²) in [7, 11) is 1.74. The molecule has 264 valence electrons. The average Bonchev–Trinajstić information content (AvgIpc) is 3.98. The van der Waals surface area contributed by atoms with Gasteiger partial charge >= 0.3 is 0 Å². The van der Waals surface area contributed by atoms with Crippen LogP contribution in [-0.2, 0) is 36.2 Å². The van der Waals surface area contributed by atoms with E-state index in [0.717, 1.165) is 74.1 Å². The van der Waals surface area contributed by atoms with E-state index in [1.165, 1.54) is 50.6 Å². The molecule has 0 saturated carbocycles. The van der Waals surface area contributed by atoms with Crippen LogP contribution in [0.4, 0.5) is 0 Å². The molecule has 2 fully saturated rings. The van der Waals surface area contributed by atoms with Gasteiger partial charge in [-0.15, -0.1) is 5.10 Å². The lowest BCUT2D eigenvalue weighted by molar-refractivity contribution is 0.0836. The third kappa shape index (κ3) is 6.66. The van der Waals surface area contributed by atoms with Crippen molar-refractivity contribution in [1.29, 1.82) is 0 Å². The fourth-order valence-electron chi connectivity index (χ4n) is 7.76. The van der Waals surface area contributed by atoms with Crippen LogP contribution in [0.2, 0.25) is 0 Å². The van der Waals surface area contributed by atoms with Crippen LogP contribution in [0.25, 0.3) is 21.8 Å². The molecule has 0 bridgehead atoms. The molecule has 13 heteroatoms. The lowest BCUT2D eigenvalue weighted by atomic mass is 9.91. The van der Waals surface area contributed by atoms with E-state index in [1.807, 2.05) is 0 Å². The Morgan fingerprint density at radius 2 is 1.57 bits per heavy atom. The summed E-state index contributed by atoms with van der Waals surface area (Å²) in [6.07, 6.45) is 6.83. The number of carbonyl (C=O) groups is 2. The van der Waals surface area contributed by atoms with E-state index in [9.17, 15) is 9.59 Å². The number of fused-ring (bicyclic) bond motifs is 2. The van der Waals surface area contributed by atoms with Gasteiger partial charge in [-0.3, -0.25) is 14.3 Å². The van der Waals surface area contributed by atoms with Crippen molar-refractivity contribution in [2.45, 2.75) is 64.1 Å². The molecule has 13 nitrogen and oxygen atoms in total. The van der Waals surface area contributed by atoms with Crippen molar-refractivity contribution in [3.05, 3.63) is 100 Å². The van der Waals surface area contributed by atoms with Crippen LogP contribution in [-0.4, -0.2) is 67.7 Å². The van der Waals surface area contributed by atoms with Gasteiger partial charge in [0.1, 0.15) is 6.33 Å². The number of benzene rings is 2. The van der Waals surface area contributed by atoms with Crippen LogP contribution >= 0.6 is 0 Å². The molecular formula is C38H42N8O5. The molecule has 6 aromatic rings. The summed E-state index contributed by atoms with van der Waals surface area (Å²) in [6, 6.07) is 14.4. The summed E-state index contributed by atoms with van der Waals surface area (Å²) in [6.45, 7) is 6.63. The van der Waals surface area contributed by atoms with Crippen LogP contribution in [0.1, 0.15) is 92.3 Å². The van der Waals surface area contributed by atoms with E-state index in [1.54, 1.807) is 13.1 Å². The number of amides is 2. The third-order valence-electron chi connectivity index (χ3n) is 10.4. The highest BCUT2D eigenvalue weighted by atomic mass is 16.5. The Balaban J connectivity index is 1.17. The first-order valence-corrected chi connectivity index (χ1v) is 17.7. The first-order chi connectivity index (χ1) is 24.9. The molecule has 2 amide bonds. The molecule has 0 aliphatic carbocycles. The number of H-pyrrole nitrogens is 1. The molecule has 6 heterocycles. The monoisotopic (exact) mass is 690 g/mol. The number of aryl methyl sites for hydroxylation is 2. The molecule has 2 saturated heterocycles. The smallest absolute Gasteiger partial charge is 0.291 e. The second-order valence-corrected chi connectivity index (χ2v) is 13.6. The van der Waals surface area contributed by atoms with Gasteiger partial charge in [-0.2, -0.15) is 0 Å². The lowest BCUT2D eigenvalue weighted by Crippen LogP contribution is -2.24. The second-order valence-electron chi connectivity index (χ2n) is 13.6. The largest absolute Gasteiger partial charge is 0.381 e. The Morgan fingerprint density at radius 1 is 0.882 bits per heavy atom. The number of hydrogen-bond acceptors (Lipinski definition) is 8. The van der Waals surface area contributed by atoms with E-state index in [0.29, 0.717) is 31.5 Å². The summed E-state index contributed by atoms with van der Waals surface area (Å²) < 4.78 is 20.7. The molecule has 0 atom stereocenters. The zero-order chi connectivity index (χ0) is 34.9. The summed E-state index contributed by atoms with van der Waals surface area (Å²) in [4.78, 5) is 33.3. The fraction of sp³-hybridized carbons (Fsp3) is 0.395. The predicted octanol–water partition coefficient (Wildman–Crippen LogP) is 5.24. The molecule has 2 aliphatic heterocycles. The van der Waals surface area contributed by atoms with E-state index in [-0.39, 0.29) is 23.4 Å². The Hall–Kier alpha value is -5.27. The van der Waals surface area contributed by atoms with Crippen LogP contribution < -0.4 is 10.6 Å².